The van der Waals surface area contributed by atoms with E-state index >= 15 is 0 Å². The second-order valence-corrected chi connectivity index (χ2v) is 7.99. The van der Waals surface area contributed by atoms with Gasteiger partial charge in [0.2, 0.25) is 5.91 Å². The molecule has 2 aromatic carbocycles. The molecule has 0 saturated carbocycles. The Morgan fingerprint density at radius 3 is 2.23 bits per heavy atom. The van der Waals surface area contributed by atoms with Crippen LogP contribution in [0.5, 0.6) is 0 Å². The molecule has 7 heteroatoms. The van der Waals surface area contributed by atoms with E-state index in [4.69, 9.17) is 4.74 Å². The van der Waals surface area contributed by atoms with Gasteiger partial charge in [-0.1, -0.05) is 30.3 Å². The lowest BCUT2D eigenvalue weighted by Crippen LogP contribution is -2.13. The molecule has 0 aliphatic heterocycles. The summed E-state index contributed by atoms with van der Waals surface area (Å²) in [5.41, 5.74) is 3.15. The van der Waals surface area contributed by atoms with Crippen molar-refractivity contribution < 1.29 is 19.1 Å². The number of esters is 1. The molecule has 30 heavy (non-hydrogen) atoms. The Bertz CT molecular complexity index is 1070. The lowest BCUT2D eigenvalue weighted by molar-refractivity contribution is -0.114. The summed E-state index contributed by atoms with van der Waals surface area (Å²) in [5, 5.41) is 6.01. The Labute approximate surface area is 178 Å². The molecule has 0 unspecified atom stereocenters. The Hall–Kier alpha value is -3.45. The molecule has 3 rings (SSSR count). The monoisotopic (exact) mass is 422 g/mol. The summed E-state index contributed by atoms with van der Waals surface area (Å²) in [6.07, 6.45) is 0. The van der Waals surface area contributed by atoms with E-state index in [9.17, 15) is 14.4 Å². The van der Waals surface area contributed by atoms with Crippen LogP contribution in [0.4, 0.5) is 10.7 Å². The Kier molecular flexibility index (Phi) is 6.64. The van der Waals surface area contributed by atoms with Crippen LogP contribution in [0.3, 0.4) is 0 Å². The SMILES string of the molecule is CC(=O)Nc1sc(C)c(C)c1C(=O)OCc1ccc(C(=O)Nc2ccccc2)cc1. The summed E-state index contributed by atoms with van der Waals surface area (Å²) in [6.45, 7) is 5.18. The van der Waals surface area contributed by atoms with E-state index in [0.29, 0.717) is 16.1 Å². The maximum atomic E-state index is 12.6. The van der Waals surface area contributed by atoms with E-state index < -0.39 is 5.97 Å². The van der Waals surface area contributed by atoms with Gasteiger partial charge in [0.15, 0.2) is 0 Å². The highest BCUT2D eigenvalue weighted by molar-refractivity contribution is 7.16. The summed E-state index contributed by atoms with van der Waals surface area (Å²) >= 11 is 1.35. The molecule has 0 aliphatic carbocycles. The van der Waals surface area contributed by atoms with E-state index in [1.807, 2.05) is 44.2 Å². The number of hydrogen-bond donors (Lipinski definition) is 2. The average Bonchev–Trinajstić information content (AvgIpc) is 3.00. The van der Waals surface area contributed by atoms with E-state index in [1.165, 1.54) is 18.3 Å². The molecule has 1 aromatic heterocycles. The Balaban J connectivity index is 1.63. The minimum atomic E-state index is -0.494. The summed E-state index contributed by atoms with van der Waals surface area (Å²) in [4.78, 5) is 37.3. The Morgan fingerprint density at radius 2 is 1.60 bits per heavy atom. The number of ether oxygens (including phenoxy) is 1. The highest BCUT2D eigenvalue weighted by Crippen LogP contribution is 2.33. The van der Waals surface area contributed by atoms with Crippen LogP contribution in [0.25, 0.3) is 0 Å². The first-order valence-electron chi connectivity index (χ1n) is 9.35. The maximum absolute atomic E-state index is 12.6. The number of aryl methyl sites for hydroxylation is 1. The van der Waals surface area contributed by atoms with Gasteiger partial charge < -0.3 is 15.4 Å². The maximum Gasteiger partial charge on any atom is 0.341 e. The number of thiophene rings is 1. The van der Waals surface area contributed by atoms with Crippen LogP contribution >= 0.6 is 11.3 Å². The number of benzene rings is 2. The van der Waals surface area contributed by atoms with Crippen molar-refractivity contribution in [2.45, 2.75) is 27.4 Å². The zero-order valence-corrected chi connectivity index (χ0v) is 17.8. The van der Waals surface area contributed by atoms with E-state index in [-0.39, 0.29) is 18.4 Å². The minimum absolute atomic E-state index is 0.0628. The van der Waals surface area contributed by atoms with Gasteiger partial charge in [0.25, 0.3) is 5.91 Å². The number of amides is 2. The van der Waals surface area contributed by atoms with Gasteiger partial charge in [-0.05, 0) is 49.2 Å². The number of hydrogen-bond acceptors (Lipinski definition) is 5. The smallest absolute Gasteiger partial charge is 0.341 e. The standard InChI is InChI=1S/C23H22N2O4S/c1-14-15(2)30-22(24-16(3)26)20(14)23(28)29-13-17-9-11-18(12-10-17)21(27)25-19-7-5-4-6-8-19/h4-12H,13H2,1-3H3,(H,24,26)(H,25,27). The van der Waals surface area contributed by atoms with Gasteiger partial charge in [0.05, 0.1) is 5.56 Å². The van der Waals surface area contributed by atoms with Gasteiger partial charge in [0.1, 0.15) is 11.6 Å². The first-order valence-corrected chi connectivity index (χ1v) is 10.2. The molecular formula is C23H22N2O4S. The fourth-order valence-electron chi connectivity index (χ4n) is 2.82. The molecule has 1 heterocycles. The van der Waals surface area contributed by atoms with Gasteiger partial charge in [-0.3, -0.25) is 9.59 Å². The third-order valence-corrected chi connectivity index (χ3v) is 5.62. The molecule has 2 amide bonds. The van der Waals surface area contributed by atoms with Crippen LogP contribution in [0.15, 0.2) is 54.6 Å². The van der Waals surface area contributed by atoms with Crippen molar-refractivity contribution in [3.8, 4) is 0 Å². The minimum Gasteiger partial charge on any atom is -0.457 e. The molecule has 0 atom stereocenters. The van der Waals surface area contributed by atoms with Crippen molar-refractivity contribution in [2.24, 2.45) is 0 Å². The van der Waals surface area contributed by atoms with Crippen LogP contribution in [-0.4, -0.2) is 17.8 Å². The molecule has 0 fully saturated rings. The van der Waals surface area contributed by atoms with Gasteiger partial charge in [-0.2, -0.15) is 0 Å². The normalized spacial score (nSPS) is 10.4. The lowest BCUT2D eigenvalue weighted by atomic mass is 10.1. The average molecular weight is 423 g/mol. The first-order chi connectivity index (χ1) is 14.3. The molecular weight excluding hydrogens is 400 g/mol. The number of nitrogens with one attached hydrogen (secondary N) is 2. The predicted molar refractivity (Wildman–Crippen MR) is 118 cm³/mol. The molecule has 0 radical (unpaired) electrons. The first kappa shape index (κ1) is 21.3. The van der Waals surface area contributed by atoms with Crippen molar-refractivity contribution in [1.29, 1.82) is 0 Å². The highest BCUT2D eigenvalue weighted by Gasteiger charge is 2.21. The number of carbonyl (C=O) groups excluding carboxylic acids is 3. The van der Waals surface area contributed by atoms with Gasteiger partial charge >= 0.3 is 5.97 Å². The second-order valence-electron chi connectivity index (χ2n) is 6.76. The zero-order valence-electron chi connectivity index (χ0n) is 16.9. The lowest BCUT2D eigenvalue weighted by Gasteiger charge is -2.09. The predicted octanol–water partition coefficient (Wildman–Crippen LogP) is 4.93. The summed E-state index contributed by atoms with van der Waals surface area (Å²) < 4.78 is 5.44. The van der Waals surface area contributed by atoms with E-state index in [0.717, 1.165) is 21.7 Å². The second kappa shape index (κ2) is 9.37. The topological polar surface area (TPSA) is 84.5 Å². The third kappa shape index (κ3) is 5.12. The highest BCUT2D eigenvalue weighted by atomic mass is 32.1. The van der Waals surface area contributed by atoms with Crippen molar-refractivity contribution in [2.75, 3.05) is 10.6 Å². The molecule has 0 bridgehead atoms. The fourth-order valence-corrected chi connectivity index (χ4v) is 3.91. The van der Waals surface area contributed by atoms with Crippen molar-refractivity contribution in [3.63, 3.8) is 0 Å². The van der Waals surface area contributed by atoms with Crippen molar-refractivity contribution in [1.82, 2.24) is 0 Å². The number of carbonyl (C=O) groups is 3. The summed E-state index contributed by atoms with van der Waals surface area (Å²) in [7, 11) is 0. The molecule has 6 nitrogen and oxygen atoms in total. The van der Waals surface area contributed by atoms with Crippen molar-refractivity contribution >= 4 is 39.8 Å². The third-order valence-electron chi connectivity index (χ3n) is 4.50. The molecule has 0 aliphatic rings. The van der Waals surface area contributed by atoms with Gasteiger partial charge in [0, 0.05) is 23.1 Å². The molecule has 0 saturated heterocycles. The largest absolute Gasteiger partial charge is 0.457 e. The van der Waals surface area contributed by atoms with Crippen LogP contribution in [0, 0.1) is 13.8 Å². The van der Waals surface area contributed by atoms with Crippen LogP contribution in [0.1, 0.15) is 43.6 Å². The number of para-hydroxylation sites is 1. The molecule has 154 valence electrons. The molecule has 2 N–H and O–H groups in total. The van der Waals surface area contributed by atoms with Gasteiger partial charge in [-0.25, -0.2) is 4.79 Å². The van der Waals surface area contributed by atoms with E-state index in [2.05, 4.69) is 10.6 Å². The van der Waals surface area contributed by atoms with E-state index in [1.54, 1.807) is 24.3 Å². The zero-order chi connectivity index (χ0) is 21.7. The quantitative estimate of drug-likeness (QED) is 0.552. The molecule has 0 spiro atoms. The van der Waals surface area contributed by atoms with Crippen LogP contribution in [-0.2, 0) is 16.1 Å². The molecule has 3 aromatic rings. The van der Waals surface area contributed by atoms with Gasteiger partial charge in [-0.15, -0.1) is 11.3 Å². The van der Waals surface area contributed by atoms with Crippen LogP contribution < -0.4 is 10.6 Å². The van der Waals surface area contributed by atoms with Crippen LogP contribution in [0.2, 0.25) is 0 Å². The number of anilines is 2. The summed E-state index contributed by atoms with van der Waals surface area (Å²) in [5.74, 6) is -0.949. The number of rotatable bonds is 6. The fraction of sp³-hybridized carbons (Fsp3) is 0.174. The Morgan fingerprint density at radius 1 is 0.933 bits per heavy atom. The summed E-state index contributed by atoms with van der Waals surface area (Å²) in [6, 6.07) is 16.1. The van der Waals surface area contributed by atoms with Crippen molar-refractivity contribution in [3.05, 3.63) is 81.7 Å².